The van der Waals surface area contributed by atoms with Crippen LogP contribution >= 0.6 is 0 Å². The minimum Gasteiger partial charge on any atom is -0.478 e. The van der Waals surface area contributed by atoms with E-state index in [0.717, 1.165) is 32.4 Å². The van der Waals surface area contributed by atoms with Crippen LogP contribution in [0.5, 0.6) is 5.88 Å². The van der Waals surface area contributed by atoms with Gasteiger partial charge in [0.1, 0.15) is 0 Å². The topological polar surface area (TPSA) is 47.0 Å². The molecule has 0 saturated heterocycles. The van der Waals surface area contributed by atoms with Gasteiger partial charge in [0.05, 0.1) is 6.61 Å². The summed E-state index contributed by atoms with van der Waals surface area (Å²) in [5, 5.41) is 3.12. The lowest BCUT2D eigenvalue weighted by Crippen LogP contribution is -2.05. The molecule has 0 radical (unpaired) electrons. The van der Waals surface area contributed by atoms with Gasteiger partial charge in [0.25, 0.3) is 0 Å². The third kappa shape index (κ3) is 4.63. The summed E-state index contributed by atoms with van der Waals surface area (Å²) >= 11 is 0. The van der Waals surface area contributed by atoms with Crippen molar-refractivity contribution in [1.82, 2.24) is 9.97 Å². The van der Waals surface area contributed by atoms with Crippen molar-refractivity contribution in [3.63, 3.8) is 0 Å². The highest BCUT2D eigenvalue weighted by atomic mass is 16.5. The molecule has 1 N–H and O–H groups in total. The molecule has 1 rings (SSSR count). The zero-order chi connectivity index (χ0) is 10.9. The molecule has 0 amide bonds. The fourth-order valence-electron chi connectivity index (χ4n) is 1.07. The summed E-state index contributed by atoms with van der Waals surface area (Å²) in [4.78, 5) is 8.34. The number of nitrogens with one attached hydrogen (secondary N) is 1. The molecule has 84 valence electrons. The zero-order valence-electron chi connectivity index (χ0n) is 9.49. The first kappa shape index (κ1) is 11.8. The summed E-state index contributed by atoms with van der Waals surface area (Å²) in [5.74, 6) is 1.29. The molecular formula is C11H19N3O. The van der Waals surface area contributed by atoms with Crippen LogP contribution in [0.25, 0.3) is 0 Å². The second kappa shape index (κ2) is 7.04. The molecule has 15 heavy (non-hydrogen) atoms. The molecule has 0 atom stereocenters. The van der Waals surface area contributed by atoms with Gasteiger partial charge in [-0.15, -0.1) is 0 Å². The third-order valence-corrected chi connectivity index (χ3v) is 1.91. The monoisotopic (exact) mass is 209 g/mol. The number of ether oxygens (including phenoxy) is 1. The van der Waals surface area contributed by atoms with Gasteiger partial charge in [-0.25, -0.2) is 4.98 Å². The first-order valence-electron chi connectivity index (χ1n) is 5.56. The average Bonchev–Trinajstić information content (AvgIpc) is 2.27. The molecule has 4 nitrogen and oxygen atoms in total. The lowest BCUT2D eigenvalue weighted by molar-refractivity contribution is 0.297. The van der Waals surface area contributed by atoms with E-state index in [2.05, 4.69) is 29.1 Å². The van der Waals surface area contributed by atoms with E-state index in [1.165, 1.54) is 0 Å². The molecule has 0 aliphatic carbocycles. The second-order valence-electron chi connectivity index (χ2n) is 3.35. The van der Waals surface area contributed by atoms with Crippen LogP contribution in [0.4, 0.5) is 5.95 Å². The van der Waals surface area contributed by atoms with Crippen molar-refractivity contribution in [2.75, 3.05) is 18.5 Å². The molecule has 0 unspecified atom stereocenters. The third-order valence-electron chi connectivity index (χ3n) is 1.91. The molecule has 4 heteroatoms. The Morgan fingerprint density at radius 3 is 2.93 bits per heavy atom. The Balaban J connectivity index is 2.42. The molecule has 0 bridgehead atoms. The largest absolute Gasteiger partial charge is 0.478 e. The summed E-state index contributed by atoms with van der Waals surface area (Å²) in [7, 11) is 0. The van der Waals surface area contributed by atoms with Crippen molar-refractivity contribution in [2.24, 2.45) is 0 Å². The second-order valence-corrected chi connectivity index (χ2v) is 3.35. The highest BCUT2D eigenvalue weighted by Crippen LogP contribution is 2.08. The standard InChI is InChI=1S/C11H19N3O/c1-3-5-9-15-10-6-8-13-11(14-10)12-7-4-2/h6,8H,3-5,7,9H2,1-2H3,(H,12,13,14). The first-order chi connectivity index (χ1) is 7.36. The van der Waals surface area contributed by atoms with Crippen molar-refractivity contribution < 1.29 is 4.74 Å². The van der Waals surface area contributed by atoms with E-state index >= 15 is 0 Å². The SMILES string of the molecule is CCCCOc1ccnc(NCCC)n1. The minimum absolute atomic E-state index is 0.644. The van der Waals surface area contributed by atoms with Crippen LogP contribution in [0.2, 0.25) is 0 Å². The number of hydrogen-bond acceptors (Lipinski definition) is 4. The van der Waals surface area contributed by atoms with Crippen molar-refractivity contribution in [2.45, 2.75) is 33.1 Å². The smallest absolute Gasteiger partial charge is 0.225 e. The van der Waals surface area contributed by atoms with E-state index in [1.54, 1.807) is 12.3 Å². The summed E-state index contributed by atoms with van der Waals surface area (Å²) < 4.78 is 5.48. The van der Waals surface area contributed by atoms with Gasteiger partial charge in [0.15, 0.2) is 0 Å². The first-order valence-corrected chi connectivity index (χ1v) is 5.56. The maximum atomic E-state index is 5.48. The Hall–Kier alpha value is -1.32. The summed E-state index contributed by atoms with van der Waals surface area (Å²) in [5.41, 5.74) is 0. The van der Waals surface area contributed by atoms with E-state index < -0.39 is 0 Å². The number of hydrogen-bond donors (Lipinski definition) is 1. The molecule has 0 aliphatic rings. The predicted molar refractivity (Wildman–Crippen MR) is 61.2 cm³/mol. The lowest BCUT2D eigenvalue weighted by atomic mass is 10.4. The van der Waals surface area contributed by atoms with Gasteiger partial charge in [-0.1, -0.05) is 20.3 Å². The van der Waals surface area contributed by atoms with Crippen LogP contribution in [0.15, 0.2) is 12.3 Å². The number of anilines is 1. The van der Waals surface area contributed by atoms with Crippen LogP contribution < -0.4 is 10.1 Å². The van der Waals surface area contributed by atoms with Crippen LogP contribution in [0.1, 0.15) is 33.1 Å². The Morgan fingerprint density at radius 1 is 1.33 bits per heavy atom. The number of unbranched alkanes of at least 4 members (excludes halogenated alkanes) is 1. The van der Waals surface area contributed by atoms with Crippen LogP contribution in [-0.4, -0.2) is 23.1 Å². The van der Waals surface area contributed by atoms with Crippen LogP contribution in [0.3, 0.4) is 0 Å². The van der Waals surface area contributed by atoms with E-state index in [9.17, 15) is 0 Å². The van der Waals surface area contributed by atoms with E-state index in [1.807, 2.05) is 0 Å². The van der Waals surface area contributed by atoms with Gasteiger partial charge in [-0.05, 0) is 12.8 Å². The maximum Gasteiger partial charge on any atom is 0.225 e. The van der Waals surface area contributed by atoms with Crippen LogP contribution in [0, 0.1) is 0 Å². The van der Waals surface area contributed by atoms with Crippen molar-refractivity contribution in [3.8, 4) is 5.88 Å². The van der Waals surface area contributed by atoms with Gasteiger partial charge in [0.2, 0.25) is 11.8 Å². The predicted octanol–water partition coefficient (Wildman–Crippen LogP) is 2.48. The molecule has 0 saturated carbocycles. The van der Waals surface area contributed by atoms with E-state index in [0.29, 0.717) is 11.8 Å². The van der Waals surface area contributed by atoms with Crippen molar-refractivity contribution >= 4 is 5.95 Å². The Labute approximate surface area is 91.1 Å². The van der Waals surface area contributed by atoms with E-state index in [4.69, 9.17) is 4.74 Å². The fourth-order valence-corrected chi connectivity index (χ4v) is 1.07. The molecular weight excluding hydrogens is 190 g/mol. The van der Waals surface area contributed by atoms with Crippen LogP contribution in [-0.2, 0) is 0 Å². The molecule has 0 aromatic carbocycles. The Morgan fingerprint density at radius 2 is 2.20 bits per heavy atom. The minimum atomic E-state index is 0.644. The Kier molecular flexibility index (Phi) is 5.51. The normalized spacial score (nSPS) is 10.0. The average molecular weight is 209 g/mol. The molecule has 0 aliphatic heterocycles. The summed E-state index contributed by atoms with van der Waals surface area (Å²) in [6.07, 6.45) is 4.96. The van der Waals surface area contributed by atoms with E-state index in [-0.39, 0.29) is 0 Å². The highest BCUT2D eigenvalue weighted by molar-refractivity contribution is 5.27. The quantitative estimate of drug-likeness (QED) is 0.701. The van der Waals surface area contributed by atoms with Crippen molar-refractivity contribution in [1.29, 1.82) is 0 Å². The zero-order valence-corrected chi connectivity index (χ0v) is 9.49. The van der Waals surface area contributed by atoms with Gasteiger partial charge < -0.3 is 10.1 Å². The number of aromatic nitrogens is 2. The lowest BCUT2D eigenvalue weighted by Gasteiger charge is -2.06. The number of rotatable bonds is 7. The summed E-state index contributed by atoms with van der Waals surface area (Å²) in [6, 6.07) is 1.78. The molecule has 1 aromatic heterocycles. The molecule has 1 heterocycles. The van der Waals surface area contributed by atoms with Gasteiger partial charge in [-0.3, -0.25) is 0 Å². The van der Waals surface area contributed by atoms with Gasteiger partial charge in [-0.2, -0.15) is 4.98 Å². The molecule has 0 fully saturated rings. The number of nitrogens with zero attached hydrogens (tertiary/aromatic N) is 2. The molecule has 0 spiro atoms. The van der Waals surface area contributed by atoms with Gasteiger partial charge >= 0.3 is 0 Å². The highest BCUT2D eigenvalue weighted by Gasteiger charge is 1.98. The Bertz CT molecular complexity index is 278. The fraction of sp³-hybridized carbons (Fsp3) is 0.636. The molecule has 1 aromatic rings. The maximum absolute atomic E-state index is 5.48. The van der Waals surface area contributed by atoms with Crippen molar-refractivity contribution in [3.05, 3.63) is 12.3 Å². The summed E-state index contributed by atoms with van der Waals surface area (Å²) in [6.45, 7) is 5.85. The van der Waals surface area contributed by atoms with Gasteiger partial charge in [0, 0.05) is 18.8 Å².